The van der Waals surface area contributed by atoms with E-state index in [1.54, 1.807) is 7.11 Å². The minimum Gasteiger partial charge on any atom is -0.383 e. The number of nitrogens with one attached hydrogen (secondary N) is 2. The molecule has 0 spiro atoms. The summed E-state index contributed by atoms with van der Waals surface area (Å²) >= 11 is 0. The van der Waals surface area contributed by atoms with Crippen LogP contribution in [0.4, 0.5) is 0 Å². The summed E-state index contributed by atoms with van der Waals surface area (Å²) in [7, 11) is 3.65. The molecule has 2 N–H and O–H groups in total. The van der Waals surface area contributed by atoms with Gasteiger partial charge in [-0.25, -0.2) is 0 Å². The molecule has 3 fully saturated rings. The fraction of sp³-hybridized carbons (Fsp3) is 0.947. The van der Waals surface area contributed by atoms with Crippen molar-refractivity contribution in [3.63, 3.8) is 0 Å². The number of aliphatic imine (C=N–C) groups is 1. The van der Waals surface area contributed by atoms with Crippen LogP contribution in [-0.2, 0) is 9.47 Å². The fourth-order valence-corrected chi connectivity index (χ4v) is 4.83. The van der Waals surface area contributed by atoms with Gasteiger partial charge in [-0.1, -0.05) is 13.8 Å². The van der Waals surface area contributed by atoms with Crippen molar-refractivity contribution < 1.29 is 9.47 Å². The highest BCUT2D eigenvalue weighted by Crippen LogP contribution is 2.52. The van der Waals surface area contributed by atoms with Crippen molar-refractivity contribution in [2.75, 3.05) is 53.6 Å². The number of methoxy groups -OCH3 is 1. The predicted molar refractivity (Wildman–Crippen MR) is 116 cm³/mol. The van der Waals surface area contributed by atoms with Crippen LogP contribution in [0.25, 0.3) is 0 Å². The van der Waals surface area contributed by atoms with Crippen LogP contribution in [-0.4, -0.2) is 76.6 Å². The maximum atomic E-state index is 5.89. The van der Waals surface area contributed by atoms with Crippen molar-refractivity contribution in [2.45, 2.75) is 45.3 Å². The van der Waals surface area contributed by atoms with Crippen LogP contribution >= 0.6 is 24.0 Å². The Morgan fingerprint density at radius 1 is 1.27 bits per heavy atom. The zero-order valence-corrected chi connectivity index (χ0v) is 19.1. The zero-order chi connectivity index (χ0) is 17.9. The molecule has 1 aliphatic carbocycles. The second-order valence-corrected chi connectivity index (χ2v) is 8.42. The van der Waals surface area contributed by atoms with Crippen LogP contribution in [0.15, 0.2) is 4.99 Å². The molecule has 0 radical (unpaired) electrons. The third kappa shape index (κ3) is 4.83. The Balaban J connectivity index is 0.00000243. The fourth-order valence-electron chi connectivity index (χ4n) is 4.83. The van der Waals surface area contributed by atoms with Crippen LogP contribution in [0, 0.1) is 17.3 Å². The Bertz CT molecular complexity index is 466. The van der Waals surface area contributed by atoms with Crippen molar-refractivity contribution in [1.29, 1.82) is 0 Å². The van der Waals surface area contributed by atoms with Gasteiger partial charge in [0.1, 0.15) is 0 Å². The minimum absolute atomic E-state index is 0. The van der Waals surface area contributed by atoms with Gasteiger partial charge in [0.05, 0.1) is 12.7 Å². The smallest absolute Gasteiger partial charge is 0.191 e. The summed E-state index contributed by atoms with van der Waals surface area (Å²) in [5, 5.41) is 7.24. The molecular formula is C19H37IN4O2. The predicted octanol–water partition coefficient (Wildman–Crippen LogP) is 1.94. The molecule has 0 aromatic heterocycles. The highest BCUT2D eigenvalue weighted by molar-refractivity contribution is 14.0. The maximum absolute atomic E-state index is 5.89. The van der Waals surface area contributed by atoms with E-state index in [0.29, 0.717) is 18.1 Å². The molecule has 0 bridgehead atoms. The molecule has 3 aliphatic rings. The number of piperidine rings is 1. The van der Waals surface area contributed by atoms with E-state index in [-0.39, 0.29) is 29.4 Å². The van der Waals surface area contributed by atoms with Crippen molar-refractivity contribution in [3.8, 4) is 0 Å². The quantitative estimate of drug-likeness (QED) is 0.346. The molecule has 2 heterocycles. The molecule has 3 rings (SSSR count). The average molecular weight is 480 g/mol. The molecule has 3 unspecified atom stereocenters. The summed E-state index contributed by atoms with van der Waals surface area (Å²) in [5.74, 6) is 2.32. The van der Waals surface area contributed by atoms with E-state index in [0.717, 1.165) is 38.2 Å². The number of nitrogens with zero attached hydrogens (tertiary/aromatic N) is 2. The van der Waals surface area contributed by atoms with E-state index in [1.165, 1.54) is 32.4 Å². The van der Waals surface area contributed by atoms with Gasteiger partial charge in [0, 0.05) is 51.2 Å². The Kier molecular flexibility index (Phi) is 8.43. The van der Waals surface area contributed by atoms with Crippen molar-refractivity contribution in [3.05, 3.63) is 0 Å². The number of hydrogen-bond acceptors (Lipinski definition) is 4. The number of halogens is 1. The molecule has 0 aromatic rings. The van der Waals surface area contributed by atoms with Gasteiger partial charge < -0.3 is 25.0 Å². The second-order valence-electron chi connectivity index (χ2n) is 8.42. The topological polar surface area (TPSA) is 58.1 Å². The van der Waals surface area contributed by atoms with Crippen LogP contribution in [0.5, 0.6) is 0 Å². The number of rotatable bonds is 6. The summed E-state index contributed by atoms with van der Waals surface area (Å²) in [5.41, 5.74) is 0.186. The number of ether oxygens (including phenoxy) is 2. The molecule has 26 heavy (non-hydrogen) atoms. The average Bonchev–Trinajstić information content (AvgIpc) is 3.08. The summed E-state index contributed by atoms with van der Waals surface area (Å²) in [6, 6.07) is 0.460. The van der Waals surface area contributed by atoms with Gasteiger partial charge in [0.25, 0.3) is 0 Å². The van der Waals surface area contributed by atoms with Crippen LogP contribution in [0.1, 0.15) is 33.1 Å². The minimum atomic E-state index is 0. The van der Waals surface area contributed by atoms with Crippen LogP contribution in [0.2, 0.25) is 0 Å². The first kappa shape index (κ1) is 22.2. The van der Waals surface area contributed by atoms with E-state index in [4.69, 9.17) is 9.47 Å². The Hall–Kier alpha value is -0.120. The normalized spacial score (nSPS) is 31.7. The third-order valence-electron chi connectivity index (χ3n) is 6.49. The standard InChI is InChI=1S/C19H36N4O2.HI/c1-19(2)16(15-7-11-25-17(15)19)22-18(20-3)21-13-14-5-8-23(9-6-14)10-12-24-4;/h14-17H,5-13H2,1-4H3,(H2,20,21,22);1H. The SMILES string of the molecule is CN=C(NCC1CCN(CCOC)CC1)NC1C2CCOC2C1(C)C.I. The Morgan fingerprint density at radius 2 is 2.00 bits per heavy atom. The lowest BCUT2D eigenvalue weighted by atomic mass is 9.57. The molecular weight excluding hydrogens is 443 g/mol. The lowest BCUT2D eigenvalue weighted by Gasteiger charge is -2.55. The molecule has 6 nitrogen and oxygen atoms in total. The molecule has 3 atom stereocenters. The molecule has 1 saturated carbocycles. The van der Waals surface area contributed by atoms with Crippen molar-refractivity contribution in [1.82, 2.24) is 15.5 Å². The summed E-state index contributed by atoms with van der Waals surface area (Å²) < 4.78 is 11.1. The van der Waals surface area contributed by atoms with Gasteiger partial charge in [-0.3, -0.25) is 4.99 Å². The highest BCUT2D eigenvalue weighted by Gasteiger charge is 2.59. The Morgan fingerprint density at radius 3 is 2.65 bits per heavy atom. The first-order valence-electron chi connectivity index (χ1n) is 9.86. The van der Waals surface area contributed by atoms with E-state index >= 15 is 0 Å². The van der Waals surface area contributed by atoms with E-state index in [9.17, 15) is 0 Å². The maximum Gasteiger partial charge on any atom is 0.191 e. The van der Waals surface area contributed by atoms with E-state index < -0.39 is 0 Å². The van der Waals surface area contributed by atoms with Gasteiger partial charge >= 0.3 is 0 Å². The van der Waals surface area contributed by atoms with Gasteiger partial charge in [-0.15, -0.1) is 24.0 Å². The number of likely N-dealkylation sites (tertiary alicyclic amines) is 1. The third-order valence-corrected chi connectivity index (χ3v) is 6.49. The monoisotopic (exact) mass is 480 g/mol. The number of hydrogen-bond donors (Lipinski definition) is 2. The van der Waals surface area contributed by atoms with Gasteiger partial charge in [0.15, 0.2) is 5.96 Å². The molecule has 152 valence electrons. The largest absolute Gasteiger partial charge is 0.383 e. The van der Waals surface area contributed by atoms with Crippen molar-refractivity contribution >= 4 is 29.9 Å². The lowest BCUT2D eigenvalue weighted by molar-refractivity contribution is -0.106. The van der Waals surface area contributed by atoms with Crippen LogP contribution in [0.3, 0.4) is 0 Å². The molecule has 2 aliphatic heterocycles. The van der Waals surface area contributed by atoms with Crippen molar-refractivity contribution in [2.24, 2.45) is 22.2 Å². The molecule has 2 saturated heterocycles. The summed E-state index contributed by atoms with van der Waals surface area (Å²) in [6.45, 7) is 10.8. The second kappa shape index (κ2) is 9.89. The van der Waals surface area contributed by atoms with E-state index in [2.05, 4.69) is 34.4 Å². The Labute approximate surface area is 175 Å². The lowest BCUT2D eigenvalue weighted by Crippen LogP contribution is -2.68. The van der Waals surface area contributed by atoms with Crippen LogP contribution < -0.4 is 10.6 Å². The zero-order valence-electron chi connectivity index (χ0n) is 16.8. The summed E-state index contributed by atoms with van der Waals surface area (Å²) in [6.07, 6.45) is 4.09. The van der Waals surface area contributed by atoms with Gasteiger partial charge in [-0.2, -0.15) is 0 Å². The van der Waals surface area contributed by atoms with E-state index in [1.807, 2.05) is 7.05 Å². The molecule has 0 amide bonds. The highest BCUT2D eigenvalue weighted by atomic mass is 127. The first-order chi connectivity index (χ1) is 12.1. The molecule has 0 aromatic carbocycles. The van der Waals surface area contributed by atoms with Gasteiger partial charge in [0.2, 0.25) is 0 Å². The summed E-state index contributed by atoms with van der Waals surface area (Å²) in [4.78, 5) is 6.96. The number of guanidine groups is 1. The molecule has 7 heteroatoms. The first-order valence-corrected chi connectivity index (χ1v) is 9.86. The van der Waals surface area contributed by atoms with Gasteiger partial charge in [-0.05, 0) is 38.3 Å². The number of fused-ring (bicyclic) bond motifs is 1.